The average Bonchev–Trinajstić information content (AvgIpc) is 3.41. The standard InChI is InChI=1S/C22H32N4O4/c1-18-4-2-10-25(18)11-3-13-30-21-7-5-20(6-8-21)26-17-19(16-24-26)22(28)23-9-14-29-15-12-27/h5-8,16-18,27H,2-4,9-15H2,1H3,(H,23,28)/t18-/m1/s1. The van der Waals surface area contributed by atoms with Gasteiger partial charge in [0.05, 0.1) is 43.9 Å². The summed E-state index contributed by atoms with van der Waals surface area (Å²) in [6.45, 7) is 6.28. The van der Waals surface area contributed by atoms with Gasteiger partial charge in [0.1, 0.15) is 5.75 Å². The Morgan fingerprint density at radius 2 is 2.10 bits per heavy atom. The molecule has 1 fully saturated rings. The van der Waals surface area contributed by atoms with Crippen molar-refractivity contribution in [3.05, 3.63) is 42.2 Å². The van der Waals surface area contributed by atoms with Crippen molar-refractivity contribution in [2.45, 2.75) is 32.2 Å². The third-order valence-electron chi connectivity index (χ3n) is 5.26. The molecule has 1 aliphatic rings. The van der Waals surface area contributed by atoms with Gasteiger partial charge in [0, 0.05) is 25.3 Å². The fourth-order valence-corrected chi connectivity index (χ4v) is 3.56. The van der Waals surface area contributed by atoms with Crippen molar-refractivity contribution in [2.24, 2.45) is 0 Å². The third kappa shape index (κ3) is 6.55. The van der Waals surface area contributed by atoms with Gasteiger partial charge in [-0.2, -0.15) is 5.10 Å². The van der Waals surface area contributed by atoms with Crippen molar-refractivity contribution >= 4 is 5.91 Å². The van der Waals surface area contributed by atoms with Gasteiger partial charge in [0.2, 0.25) is 0 Å². The minimum Gasteiger partial charge on any atom is -0.494 e. The normalized spacial score (nSPS) is 16.7. The number of aliphatic hydroxyl groups excluding tert-OH is 1. The Bertz CT molecular complexity index is 778. The van der Waals surface area contributed by atoms with Crippen LogP contribution in [0.15, 0.2) is 36.7 Å². The molecule has 1 amide bonds. The van der Waals surface area contributed by atoms with Crippen LogP contribution in [0.4, 0.5) is 0 Å². The highest BCUT2D eigenvalue weighted by molar-refractivity contribution is 5.93. The third-order valence-corrected chi connectivity index (χ3v) is 5.26. The molecule has 0 spiro atoms. The van der Waals surface area contributed by atoms with E-state index in [4.69, 9.17) is 14.6 Å². The Hall–Kier alpha value is -2.42. The zero-order valence-corrected chi connectivity index (χ0v) is 17.6. The number of carbonyl (C=O) groups is 1. The summed E-state index contributed by atoms with van der Waals surface area (Å²) in [5.74, 6) is 0.627. The molecule has 0 bridgehead atoms. The monoisotopic (exact) mass is 416 g/mol. The second-order valence-electron chi connectivity index (χ2n) is 7.49. The number of rotatable bonds is 12. The molecule has 164 valence electrons. The van der Waals surface area contributed by atoms with Crippen LogP contribution in [0.2, 0.25) is 0 Å². The van der Waals surface area contributed by atoms with Crippen molar-refractivity contribution < 1.29 is 19.4 Å². The minimum absolute atomic E-state index is 0.0254. The summed E-state index contributed by atoms with van der Waals surface area (Å²) in [5.41, 5.74) is 1.34. The number of hydrogen-bond donors (Lipinski definition) is 2. The fourth-order valence-electron chi connectivity index (χ4n) is 3.56. The first-order valence-corrected chi connectivity index (χ1v) is 10.7. The number of aliphatic hydroxyl groups is 1. The zero-order valence-electron chi connectivity index (χ0n) is 17.6. The summed E-state index contributed by atoms with van der Waals surface area (Å²) in [5, 5.41) is 15.7. The number of nitrogens with zero attached hydrogens (tertiary/aromatic N) is 3. The summed E-state index contributed by atoms with van der Waals surface area (Å²) in [6, 6.07) is 8.40. The van der Waals surface area contributed by atoms with E-state index in [1.54, 1.807) is 10.9 Å². The number of amides is 1. The SMILES string of the molecule is C[C@@H]1CCCN1CCCOc1ccc(-n2cc(C(=O)NCCOCCO)cn2)cc1. The molecule has 8 heteroatoms. The number of ether oxygens (including phenoxy) is 2. The van der Waals surface area contributed by atoms with E-state index in [9.17, 15) is 4.79 Å². The van der Waals surface area contributed by atoms with Crippen LogP contribution in [-0.2, 0) is 4.74 Å². The molecule has 0 aliphatic carbocycles. The maximum atomic E-state index is 12.1. The van der Waals surface area contributed by atoms with E-state index >= 15 is 0 Å². The Labute approximate surface area is 177 Å². The zero-order chi connectivity index (χ0) is 21.2. The summed E-state index contributed by atoms with van der Waals surface area (Å²) < 4.78 is 12.6. The van der Waals surface area contributed by atoms with Gasteiger partial charge < -0.3 is 24.8 Å². The second kappa shape index (κ2) is 11.7. The molecule has 1 atom stereocenters. The van der Waals surface area contributed by atoms with E-state index in [2.05, 4.69) is 22.2 Å². The lowest BCUT2D eigenvalue weighted by Gasteiger charge is -2.20. The topological polar surface area (TPSA) is 88.9 Å². The molecule has 0 saturated carbocycles. The van der Waals surface area contributed by atoms with Crippen molar-refractivity contribution in [3.63, 3.8) is 0 Å². The highest BCUT2D eigenvalue weighted by atomic mass is 16.5. The van der Waals surface area contributed by atoms with Gasteiger partial charge in [-0.15, -0.1) is 0 Å². The lowest BCUT2D eigenvalue weighted by Crippen LogP contribution is -2.28. The van der Waals surface area contributed by atoms with Gasteiger partial charge in [-0.1, -0.05) is 0 Å². The van der Waals surface area contributed by atoms with Crippen LogP contribution in [0, 0.1) is 0 Å². The summed E-state index contributed by atoms with van der Waals surface area (Å²) >= 11 is 0. The van der Waals surface area contributed by atoms with Crippen molar-refractivity contribution in [1.82, 2.24) is 20.0 Å². The van der Waals surface area contributed by atoms with Crippen molar-refractivity contribution in [2.75, 3.05) is 46.1 Å². The number of hydrogen-bond acceptors (Lipinski definition) is 6. The lowest BCUT2D eigenvalue weighted by atomic mass is 10.2. The van der Waals surface area contributed by atoms with Crippen LogP contribution in [0.5, 0.6) is 5.75 Å². The predicted octanol–water partition coefficient (Wildman–Crippen LogP) is 1.86. The highest BCUT2D eigenvalue weighted by Crippen LogP contribution is 2.18. The number of benzene rings is 1. The molecule has 8 nitrogen and oxygen atoms in total. The van der Waals surface area contributed by atoms with E-state index in [1.807, 2.05) is 24.3 Å². The molecule has 30 heavy (non-hydrogen) atoms. The van der Waals surface area contributed by atoms with E-state index in [0.717, 1.165) is 24.4 Å². The largest absolute Gasteiger partial charge is 0.494 e. The van der Waals surface area contributed by atoms with Crippen molar-refractivity contribution in [1.29, 1.82) is 0 Å². The van der Waals surface area contributed by atoms with Crippen LogP contribution < -0.4 is 10.1 Å². The van der Waals surface area contributed by atoms with Gasteiger partial charge in [0.25, 0.3) is 5.91 Å². The van der Waals surface area contributed by atoms with Gasteiger partial charge in [0.15, 0.2) is 0 Å². The van der Waals surface area contributed by atoms with Gasteiger partial charge in [-0.25, -0.2) is 4.68 Å². The smallest absolute Gasteiger partial charge is 0.254 e. The number of likely N-dealkylation sites (tertiary alicyclic amines) is 1. The summed E-state index contributed by atoms with van der Waals surface area (Å²) in [7, 11) is 0. The maximum Gasteiger partial charge on any atom is 0.254 e. The average molecular weight is 417 g/mol. The Kier molecular flexibility index (Phi) is 8.67. The number of carbonyl (C=O) groups excluding carboxylic acids is 1. The molecule has 2 heterocycles. The molecule has 2 N–H and O–H groups in total. The molecule has 1 aromatic heterocycles. The van der Waals surface area contributed by atoms with Crippen LogP contribution >= 0.6 is 0 Å². The minimum atomic E-state index is -0.207. The Morgan fingerprint density at radius 3 is 2.83 bits per heavy atom. The molecule has 2 aromatic rings. The van der Waals surface area contributed by atoms with Gasteiger partial charge >= 0.3 is 0 Å². The first-order chi connectivity index (χ1) is 14.7. The molecule has 1 saturated heterocycles. The first kappa shape index (κ1) is 22.3. The van der Waals surface area contributed by atoms with E-state index in [1.165, 1.54) is 25.6 Å². The van der Waals surface area contributed by atoms with E-state index < -0.39 is 0 Å². The molecule has 3 rings (SSSR count). The molecule has 0 radical (unpaired) electrons. The lowest BCUT2D eigenvalue weighted by molar-refractivity contribution is 0.0838. The molecular formula is C22H32N4O4. The van der Waals surface area contributed by atoms with Crippen LogP contribution in [0.1, 0.15) is 36.5 Å². The molecule has 1 aliphatic heterocycles. The van der Waals surface area contributed by atoms with E-state index in [0.29, 0.717) is 31.4 Å². The van der Waals surface area contributed by atoms with Crippen LogP contribution in [-0.4, -0.2) is 77.8 Å². The van der Waals surface area contributed by atoms with Crippen LogP contribution in [0.3, 0.4) is 0 Å². The van der Waals surface area contributed by atoms with Crippen molar-refractivity contribution in [3.8, 4) is 11.4 Å². The summed E-state index contributed by atoms with van der Waals surface area (Å²) in [6.07, 6.45) is 6.86. The van der Waals surface area contributed by atoms with E-state index in [-0.39, 0.29) is 19.1 Å². The predicted molar refractivity (Wildman–Crippen MR) is 114 cm³/mol. The molecular weight excluding hydrogens is 384 g/mol. The maximum absolute atomic E-state index is 12.1. The summed E-state index contributed by atoms with van der Waals surface area (Å²) in [4.78, 5) is 14.7. The van der Waals surface area contributed by atoms with Gasteiger partial charge in [-0.3, -0.25) is 4.79 Å². The van der Waals surface area contributed by atoms with Crippen LogP contribution in [0.25, 0.3) is 5.69 Å². The highest BCUT2D eigenvalue weighted by Gasteiger charge is 2.19. The quantitative estimate of drug-likeness (QED) is 0.514. The van der Waals surface area contributed by atoms with Gasteiger partial charge in [-0.05, 0) is 57.0 Å². The number of nitrogens with one attached hydrogen (secondary N) is 1. The second-order valence-corrected chi connectivity index (χ2v) is 7.49. The number of aromatic nitrogens is 2. The Balaban J connectivity index is 1.41. The first-order valence-electron chi connectivity index (χ1n) is 10.7. The fraction of sp³-hybridized carbons (Fsp3) is 0.545. The molecule has 1 aromatic carbocycles. The Morgan fingerprint density at radius 1 is 1.27 bits per heavy atom. The molecule has 0 unspecified atom stereocenters.